The molecule has 0 saturated carbocycles. The number of anilines is 1. The predicted octanol–water partition coefficient (Wildman–Crippen LogP) is 0.210. The lowest BCUT2D eigenvalue weighted by atomic mass is 10.2. The number of aromatic nitrogens is 1. The van der Waals surface area contributed by atoms with Crippen LogP contribution in [0.4, 0.5) is 10.2 Å². The van der Waals surface area contributed by atoms with Crippen molar-refractivity contribution in [3.05, 3.63) is 23.1 Å². The van der Waals surface area contributed by atoms with Crippen LogP contribution in [0.2, 0.25) is 0 Å². The van der Waals surface area contributed by atoms with Crippen molar-refractivity contribution in [2.24, 2.45) is 5.73 Å². The van der Waals surface area contributed by atoms with E-state index in [2.05, 4.69) is 4.98 Å². The summed E-state index contributed by atoms with van der Waals surface area (Å²) in [4.78, 5) is 14.2. The molecule has 0 spiro atoms. The van der Waals surface area contributed by atoms with Crippen LogP contribution >= 0.6 is 0 Å². The Morgan fingerprint density at radius 2 is 2.25 bits per heavy atom. The maximum absolute atomic E-state index is 12.8. The number of nitrogens with zero attached hydrogens (tertiary/aromatic N) is 1. The van der Waals surface area contributed by atoms with Crippen LogP contribution in [0.3, 0.4) is 0 Å². The molecule has 1 aromatic rings. The molecule has 12 heavy (non-hydrogen) atoms. The lowest BCUT2D eigenvalue weighted by molar-refractivity contribution is 0.100. The van der Waals surface area contributed by atoms with Crippen LogP contribution in [0.15, 0.2) is 6.07 Å². The maximum Gasteiger partial charge on any atom is 0.252 e. The van der Waals surface area contributed by atoms with Crippen LogP contribution < -0.4 is 11.5 Å². The van der Waals surface area contributed by atoms with Crippen LogP contribution in [0.1, 0.15) is 16.1 Å². The summed E-state index contributed by atoms with van der Waals surface area (Å²) in [5, 5.41) is 0. The van der Waals surface area contributed by atoms with Gasteiger partial charge in [-0.2, -0.15) is 0 Å². The SMILES string of the molecule is Cc1nc(N)c(C(N)=O)cc1F. The highest BCUT2D eigenvalue weighted by atomic mass is 19.1. The van der Waals surface area contributed by atoms with E-state index in [1.54, 1.807) is 0 Å². The molecule has 0 fully saturated rings. The third-order valence-electron chi connectivity index (χ3n) is 1.45. The molecule has 0 aliphatic rings. The van der Waals surface area contributed by atoms with Gasteiger partial charge in [-0.05, 0) is 13.0 Å². The third-order valence-corrected chi connectivity index (χ3v) is 1.45. The Hall–Kier alpha value is -1.65. The number of nitrogen functional groups attached to an aromatic ring is 1. The Kier molecular flexibility index (Phi) is 1.95. The fraction of sp³-hybridized carbons (Fsp3) is 0.143. The molecule has 0 aliphatic carbocycles. The molecule has 4 N–H and O–H groups in total. The summed E-state index contributed by atoms with van der Waals surface area (Å²) in [6, 6.07) is 0.986. The Balaban J connectivity index is 3.33. The van der Waals surface area contributed by atoms with Crippen molar-refractivity contribution in [3.8, 4) is 0 Å². The number of nitrogens with two attached hydrogens (primary N) is 2. The normalized spacial score (nSPS) is 9.83. The van der Waals surface area contributed by atoms with Crippen LogP contribution in [0.5, 0.6) is 0 Å². The second-order valence-electron chi connectivity index (χ2n) is 2.35. The van der Waals surface area contributed by atoms with Gasteiger partial charge in [-0.3, -0.25) is 4.79 Å². The van der Waals surface area contributed by atoms with Crippen LogP contribution in [0, 0.1) is 12.7 Å². The van der Waals surface area contributed by atoms with Gasteiger partial charge < -0.3 is 11.5 Å². The molecule has 4 nitrogen and oxygen atoms in total. The van der Waals surface area contributed by atoms with Crippen molar-refractivity contribution in [1.82, 2.24) is 4.98 Å². The van der Waals surface area contributed by atoms with Gasteiger partial charge in [0.15, 0.2) is 0 Å². The number of halogens is 1. The summed E-state index contributed by atoms with van der Waals surface area (Å²) in [6.07, 6.45) is 0. The molecule has 0 unspecified atom stereocenters. The zero-order chi connectivity index (χ0) is 9.30. The zero-order valence-electron chi connectivity index (χ0n) is 6.47. The minimum atomic E-state index is -0.779. The Morgan fingerprint density at radius 1 is 1.67 bits per heavy atom. The van der Waals surface area contributed by atoms with Crippen molar-refractivity contribution in [2.75, 3.05) is 5.73 Å². The summed E-state index contributed by atoms with van der Waals surface area (Å²) in [7, 11) is 0. The van der Waals surface area contributed by atoms with E-state index in [4.69, 9.17) is 11.5 Å². The summed E-state index contributed by atoms with van der Waals surface area (Å²) in [5.41, 5.74) is 10.3. The minimum absolute atomic E-state index is 0.0404. The molecule has 1 rings (SSSR count). The molecular weight excluding hydrogens is 161 g/mol. The van der Waals surface area contributed by atoms with Gasteiger partial charge in [0.25, 0.3) is 5.91 Å². The van der Waals surface area contributed by atoms with E-state index in [1.807, 2.05) is 0 Å². The van der Waals surface area contributed by atoms with Gasteiger partial charge >= 0.3 is 0 Å². The van der Waals surface area contributed by atoms with Crippen molar-refractivity contribution in [3.63, 3.8) is 0 Å². The maximum atomic E-state index is 12.8. The van der Waals surface area contributed by atoms with Gasteiger partial charge in [-0.15, -0.1) is 0 Å². The average Bonchev–Trinajstić information content (AvgIpc) is 1.96. The highest BCUT2D eigenvalue weighted by Crippen LogP contribution is 2.12. The summed E-state index contributed by atoms with van der Waals surface area (Å²) < 4.78 is 12.8. The molecule has 1 heterocycles. The number of hydrogen-bond acceptors (Lipinski definition) is 3. The van der Waals surface area contributed by atoms with E-state index in [0.717, 1.165) is 6.07 Å². The molecular formula is C7H8FN3O. The number of rotatable bonds is 1. The van der Waals surface area contributed by atoms with Crippen LogP contribution in [0.25, 0.3) is 0 Å². The van der Waals surface area contributed by atoms with Crippen molar-refractivity contribution in [1.29, 1.82) is 0 Å². The smallest absolute Gasteiger partial charge is 0.252 e. The van der Waals surface area contributed by atoms with Crippen molar-refractivity contribution < 1.29 is 9.18 Å². The second-order valence-corrected chi connectivity index (χ2v) is 2.35. The molecule has 0 aliphatic heterocycles. The highest BCUT2D eigenvalue weighted by molar-refractivity contribution is 5.97. The van der Waals surface area contributed by atoms with Gasteiger partial charge in [0.05, 0.1) is 11.3 Å². The topological polar surface area (TPSA) is 82.0 Å². The number of carbonyl (C=O) groups is 1. The van der Waals surface area contributed by atoms with Gasteiger partial charge in [0, 0.05) is 0 Å². The van der Waals surface area contributed by atoms with E-state index < -0.39 is 11.7 Å². The first-order valence-corrected chi connectivity index (χ1v) is 3.25. The number of primary amides is 1. The Labute approximate surface area is 68.4 Å². The summed E-state index contributed by atoms with van der Waals surface area (Å²) in [5.74, 6) is -1.40. The molecule has 0 radical (unpaired) electrons. The van der Waals surface area contributed by atoms with Crippen molar-refractivity contribution in [2.45, 2.75) is 6.92 Å². The standard InChI is InChI=1S/C7H8FN3O/c1-3-5(8)2-4(7(10)12)6(9)11-3/h2H,1H3,(H2,9,11)(H2,10,12). The molecule has 1 aromatic heterocycles. The van der Waals surface area contributed by atoms with Gasteiger partial charge in [-0.25, -0.2) is 9.37 Å². The van der Waals surface area contributed by atoms with Crippen LogP contribution in [-0.2, 0) is 0 Å². The number of hydrogen-bond donors (Lipinski definition) is 2. The van der Waals surface area contributed by atoms with Gasteiger partial charge in [-0.1, -0.05) is 0 Å². The average molecular weight is 169 g/mol. The van der Waals surface area contributed by atoms with E-state index in [0.29, 0.717) is 0 Å². The molecule has 1 amide bonds. The molecule has 64 valence electrons. The van der Waals surface area contributed by atoms with Crippen molar-refractivity contribution >= 4 is 11.7 Å². The van der Waals surface area contributed by atoms with E-state index in [-0.39, 0.29) is 17.1 Å². The molecule has 5 heteroatoms. The number of aryl methyl sites for hydroxylation is 1. The Bertz CT molecular complexity index is 338. The quantitative estimate of drug-likeness (QED) is 0.630. The fourth-order valence-electron chi connectivity index (χ4n) is 0.797. The minimum Gasteiger partial charge on any atom is -0.383 e. The summed E-state index contributed by atoms with van der Waals surface area (Å²) in [6.45, 7) is 1.45. The highest BCUT2D eigenvalue weighted by Gasteiger charge is 2.10. The second kappa shape index (κ2) is 2.77. The van der Waals surface area contributed by atoms with E-state index >= 15 is 0 Å². The van der Waals surface area contributed by atoms with Gasteiger partial charge in [0.1, 0.15) is 11.6 Å². The third kappa shape index (κ3) is 1.34. The van der Waals surface area contributed by atoms with Crippen LogP contribution in [-0.4, -0.2) is 10.9 Å². The lowest BCUT2D eigenvalue weighted by Gasteiger charge is -2.02. The van der Waals surface area contributed by atoms with Gasteiger partial charge in [0.2, 0.25) is 0 Å². The lowest BCUT2D eigenvalue weighted by Crippen LogP contribution is -2.15. The monoisotopic (exact) mass is 169 g/mol. The van der Waals surface area contributed by atoms with E-state index in [9.17, 15) is 9.18 Å². The molecule has 0 aromatic carbocycles. The molecule has 0 bridgehead atoms. The molecule has 0 saturated heterocycles. The molecule has 0 atom stereocenters. The first-order chi connectivity index (χ1) is 5.52. The summed E-state index contributed by atoms with van der Waals surface area (Å²) >= 11 is 0. The largest absolute Gasteiger partial charge is 0.383 e. The fourth-order valence-corrected chi connectivity index (χ4v) is 0.797. The number of carbonyl (C=O) groups excluding carboxylic acids is 1. The first kappa shape index (κ1) is 8.45. The number of amides is 1. The predicted molar refractivity (Wildman–Crippen MR) is 41.9 cm³/mol. The number of pyridine rings is 1. The zero-order valence-corrected chi connectivity index (χ0v) is 6.47. The first-order valence-electron chi connectivity index (χ1n) is 3.25. The van der Waals surface area contributed by atoms with E-state index in [1.165, 1.54) is 6.92 Å². The Morgan fingerprint density at radius 3 is 2.75 bits per heavy atom.